The van der Waals surface area contributed by atoms with Crippen LogP contribution in [-0.4, -0.2) is 22.2 Å². The molecule has 4 N–H and O–H groups in total. The van der Waals surface area contributed by atoms with E-state index in [1.54, 1.807) is 0 Å². The minimum atomic E-state index is -0.171. The van der Waals surface area contributed by atoms with E-state index in [-0.39, 0.29) is 38.4 Å². The molecule has 0 saturated heterocycles. The molecule has 3 unspecified atom stereocenters. The van der Waals surface area contributed by atoms with E-state index < -0.39 is 0 Å². The molecular formula is C48H60N4. The van der Waals surface area contributed by atoms with Crippen LogP contribution in [0.2, 0.25) is 0 Å². The van der Waals surface area contributed by atoms with E-state index in [1.165, 1.54) is 67.3 Å². The minimum Gasteiger partial charge on any atom is -0.380 e. The summed E-state index contributed by atoms with van der Waals surface area (Å²) in [5.41, 5.74) is 15.3. The van der Waals surface area contributed by atoms with Crippen molar-refractivity contribution in [3.8, 4) is 0 Å². The topological polar surface area (TPSA) is 48.1 Å². The second-order valence-electron chi connectivity index (χ2n) is 20.1. The Kier molecular flexibility index (Phi) is 7.33. The van der Waals surface area contributed by atoms with Crippen molar-refractivity contribution in [3.05, 3.63) is 124 Å². The normalized spacial score (nSPS) is 28.6. The van der Waals surface area contributed by atoms with Crippen molar-refractivity contribution in [3.63, 3.8) is 0 Å². The smallest absolute Gasteiger partial charge is 0.0505 e. The van der Waals surface area contributed by atoms with Crippen molar-refractivity contribution >= 4 is 28.3 Å². The first-order valence-corrected chi connectivity index (χ1v) is 19.5. The quantitative estimate of drug-likeness (QED) is 0.173. The molecule has 0 radical (unpaired) electrons. The average Bonchev–Trinajstić information content (AvgIpc) is 3.02. The lowest BCUT2D eigenvalue weighted by atomic mass is 9.62. The number of hydrogen-bond acceptors (Lipinski definition) is 4. The Balaban J connectivity index is 1.22. The van der Waals surface area contributed by atoms with Crippen LogP contribution in [0.15, 0.2) is 84.9 Å². The van der Waals surface area contributed by atoms with E-state index >= 15 is 0 Å². The fraction of sp³-hybridized carbons (Fsp3) is 0.458. The van der Waals surface area contributed by atoms with Crippen molar-refractivity contribution < 1.29 is 0 Å². The van der Waals surface area contributed by atoms with Gasteiger partial charge in [0, 0.05) is 61.2 Å². The first kappa shape index (κ1) is 34.9. The van der Waals surface area contributed by atoms with Gasteiger partial charge >= 0.3 is 0 Å². The number of hydrogen-bond donors (Lipinski definition) is 4. The molecule has 4 aromatic rings. The molecular weight excluding hydrogens is 633 g/mol. The van der Waals surface area contributed by atoms with Crippen molar-refractivity contribution in [1.29, 1.82) is 0 Å². The maximum atomic E-state index is 4.01. The number of benzene rings is 4. The SMILES string of the molecule is CC1=CC(C)(C)Nc2ccc(C3(C)CC(C)(C)Nc4cc(C5(C)CC(C)(C)Nc6cc(C7(C)CC(C)(C)Nc8ccccc87)ccc65)ccc43)cc21. The van der Waals surface area contributed by atoms with Gasteiger partial charge in [-0.15, -0.1) is 0 Å². The van der Waals surface area contributed by atoms with Crippen LogP contribution in [-0.2, 0) is 16.2 Å². The molecule has 4 heterocycles. The van der Waals surface area contributed by atoms with Gasteiger partial charge < -0.3 is 21.3 Å². The highest BCUT2D eigenvalue weighted by Crippen LogP contribution is 2.54. The number of allylic oxidation sites excluding steroid dienone is 1. The van der Waals surface area contributed by atoms with Gasteiger partial charge in [0.05, 0.1) is 5.54 Å². The third kappa shape index (κ3) is 5.55. The second kappa shape index (κ2) is 10.9. The summed E-state index contributed by atoms with van der Waals surface area (Å²) in [5.74, 6) is 0. The Morgan fingerprint density at radius 1 is 0.423 bits per heavy atom. The highest BCUT2D eigenvalue weighted by atomic mass is 15.0. The summed E-state index contributed by atoms with van der Waals surface area (Å²) in [6, 6.07) is 30.7. The molecule has 4 aliphatic rings. The highest BCUT2D eigenvalue weighted by Gasteiger charge is 2.47. The van der Waals surface area contributed by atoms with Crippen LogP contribution in [0.1, 0.15) is 141 Å². The van der Waals surface area contributed by atoms with Gasteiger partial charge in [0.25, 0.3) is 0 Å². The zero-order chi connectivity index (χ0) is 37.3. The van der Waals surface area contributed by atoms with Crippen LogP contribution in [0, 0.1) is 0 Å². The molecule has 4 nitrogen and oxygen atoms in total. The van der Waals surface area contributed by atoms with Crippen molar-refractivity contribution in [2.75, 3.05) is 21.3 Å². The van der Waals surface area contributed by atoms with Gasteiger partial charge in [-0.1, -0.05) is 75.4 Å². The Morgan fingerprint density at radius 2 is 0.846 bits per heavy atom. The van der Waals surface area contributed by atoms with Gasteiger partial charge in [-0.25, -0.2) is 0 Å². The van der Waals surface area contributed by atoms with E-state index in [0.29, 0.717) is 0 Å². The van der Waals surface area contributed by atoms with Crippen LogP contribution in [0.4, 0.5) is 22.7 Å². The molecule has 4 aliphatic heterocycles. The fourth-order valence-corrected chi connectivity index (χ4v) is 11.3. The predicted molar refractivity (Wildman–Crippen MR) is 223 cm³/mol. The zero-order valence-electron chi connectivity index (χ0n) is 33.7. The molecule has 0 amide bonds. The van der Waals surface area contributed by atoms with Crippen LogP contribution >= 0.6 is 0 Å². The number of nitrogens with one attached hydrogen (secondary N) is 4. The molecule has 0 bridgehead atoms. The fourth-order valence-electron chi connectivity index (χ4n) is 11.3. The van der Waals surface area contributed by atoms with Crippen LogP contribution in [0.3, 0.4) is 0 Å². The lowest BCUT2D eigenvalue weighted by molar-refractivity contribution is 0.368. The molecule has 8 rings (SSSR count). The molecule has 0 fully saturated rings. The molecule has 0 aliphatic carbocycles. The van der Waals surface area contributed by atoms with E-state index in [0.717, 1.165) is 19.3 Å². The summed E-state index contributed by atoms with van der Waals surface area (Å²) in [5, 5.41) is 15.6. The second-order valence-corrected chi connectivity index (χ2v) is 20.1. The molecule has 0 spiro atoms. The van der Waals surface area contributed by atoms with Gasteiger partial charge in [-0.05, 0) is 151 Å². The molecule has 0 aromatic heterocycles. The summed E-state index contributed by atoms with van der Waals surface area (Å²) in [6.45, 7) is 28.2. The van der Waals surface area contributed by atoms with E-state index in [1.807, 2.05) is 0 Å². The highest BCUT2D eigenvalue weighted by molar-refractivity contribution is 5.81. The van der Waals surface area contributed by atoms with Crippen LogP contribution < -0.4 is 21.3 Å². The van der Waals surface area contributed by atoms with Crippen LogP contribution in [0.5, 0.6) is 0 Å². The maximum absolute atomic E-state index is 4.01. The van der Waals surface area contributed by atoms with Crippen molar-refractivity contribution in [1.82, 2.24) is 0 Å². The largest absolute Gasteiger partial charge is 0.380 e. The Hall–Kier alpha value is -4.18. The summed E-state index contributed by atoms with van der Waals surface area (Å²) >= 11 is 0. The maximum Gasteiger partial charge on any atom is 0.0505 e. The third-order valence-electron chi connectivity index (χ3n) is 12.9. The number of para-hydroxylation sites is 1. The molecule has 4 heteroatoms. The number of anilines is 4. The van der Waals surface area contributed by atoms with Gasteiger partial charge in [0.2, 0.25) is 0 Å². The Morgan fingerprint density at radius 3 is 1.37 bits per heavy atom. The first-order chi connectivity index (χ1) is 24.1. The summed E-state index contributed by atoms with van der Waals surface area (Å²) < 4.78 is 0. The van der Waals surface area contributed by atoms with E-state index in [2.05, 4.69) is 189 Å². The van der Waals surface area contributed by atoms with Gasteiger partial charge in [0.1, 0.15) is 0 Å². The predicted octanol–water partition coefficient (Wildman–Crippen LogP) is 12.0. The number of fused-ring (bicyclic) bond motifs is 4. The van der Waals surface area contributed by atoms with Crippen LogP contribution in [0.25, 0.3) is 5.57 Å². The zero-order valence-corrected chi connectivity index (χ0v) is 33.7. The monoisotopic (exact) mass is 692 g/mol. The molecule has 0 saturated carbocycles. The average molecular weight is 693 g/mol. The molecule has 4 aromatic carbocycles. The lowest BCUT2D eigenvalue weighted by Crippen LogP contribution is -2.47. The van der Waals surface area contributed by atoms with Crippen molar-refractivity contribution in [2.24, 2.45) is 0 Å². The van der Waals surface area contributed by atoms with Crippen molar-refractivity contribution in [2.45, 2.75) is 141 Å². The molecule has 272 valence electrons. The summed E-state index contributed by atoms with van der Waals surface area (Å²) in [4.78, 5) is 0. The van der Waals surface area contributed by atoms with Gasteiger partial charge in [-0.3, -0.25) is 0 Å². The standard InChI is InChI=1S/C48H60N4/c1-30-26-42(2,3)49-38-22-19-31(23-34(30)38)46(10)28-44(6,7)51-40-25-33(18-20-36(40)46)48(12)29-45(8,9)52-41-24-32(17-21-37(41)48)47(11)27-43(4,5)50-39-16-14-13-15-35(39)47/h13-26,49-52H,27-29H2,1-12H3. The molecule has 3 atom stereocenters. The van der Waals surface area contributed by atoms with E-state index in [4.69, 9.17) is 0 Å². The Labute approximate surface area is 313 Å². The Bertz CT molecular complexity index is 2150. The number of rotatable bonds is 3. The molecule has 52 heavy (non-hydrogen) atoms. The summed E-state index contributed by atoms with van der Waals surface area (Å²) in [7, 11) is 0. The van der Waals surface area contributed by atoms with Gasteiger partial charge in [-0.2, -0.15) is 0 Å². The van der Waals surface area contributed by atoms with Gasteiger partial charge in [0.15, 0.2) is 0 Å². The lowest BCUT2D eigenvalue weighted by Gasteiger charge is -2.49. The first-order valence-electron chi connectivity index (χ1n) is 19.5. The minimum absolute atomic E-state index is 0.0128. The summed E-state index contributed by atoms with van der Waals surface area (Å²) in [6.07, 6.45) is 5.40. The van der Waals surface area contributed by atoms with E-state index in [9.17, 15) is 0 Å². The third-order valence-corrected chi connectivity index (χ3v) is 12.9.